The number of halogens is 3. The van der Waals surface area contributed by atoms with Crippen molar-refractivity contribution in [1.82, 2.24) is 0 Å². The van der Waals surface area contributed by atoms with Gasteiger partial charge in [-0.15, -0.1) is 0 Å². The van der Waals surface area contributed by atoms with Crippen molar-refractivity contribution in [1.29, 1.82) is 5.26 Å². The first-order chi connectivity index (χ1) is 15.3. The van der Waals surface area contributed by atoms with Crippen molar-refractivity contribution in [2.24, 2.45) is 5.73 Å². The number of allylic oxidation sites excluding steroid dienone is 1. The highest BCUT2D eigenvalue weighted by Gasteiger charge is 2.43. The zero-order chi connectivity index (χ0) is 23.6. The maximum Gasteiger partial charge on any atom is 0.355 e. The van der Waals surface area contributed by atoms with E-state index < -0.39 is 28.7 Å². The van der Waals surface area contributed by atoms with Gasteiger partial charge in [-0.3, -0.25) is 4.90 Å². The zero-order valence-corrected chi connectivity index (χ0v) is 18.4. The Kier molecular flexibility index (Phi) is 6.72. The SMILES string of the molecule is COC(=O)C1=C(C(=O)OC)N(c2ccc(F)c(Cl)c2Cl)C(N)=C(C#N)C1c1ccccc1. The number of carbonyl (C=O) groups excluding carboxylic acids is 2. The third-order valence-corrected chi connectivity index (χ3v) is 5.71. The minimum absolute atomic E-state index is 0.0309. The van der Waals surface area contributed by atoms with Gasteiger partial charge < -0.3 is 15.2 Å². The second-order valence-electron chi connectivity index (χ2n) is 6.53. The largest absolute Gasteiger partial charge is 0.466 e. The average molecular weight is 476 g/mol. The molecule has 0 saturated carbocycles. The summed E-state index contributed by atoms with van der Waals surface area (Å²) in [4.78, 5) is 26.9. The van der Waals surface area contributed by atoms with Gasteiger partial charge in [-0.1, -0.05) is 53.5 Å². The molecule has 3 rings (SSSR count). The van der Waals surface area contributed by atoms with Gasteiger partial charge in [0.25, 0.3) is 0 Å². The van der Waals surface area contributed by atoms with Crippen molar-refractivity contribution < 1.29 is 23.5 Å². The summed E-state index contributed by atoms with van der Waals surface area (Å²) < 4.78 is 23.8. The number of nitrogens with two attached hydrogens (primary N) is 1. The molecule has 2 aromatic carbocycles. The first kappa shape index (κ1) is 23.1. The fourth-order valence-electron chi connectivity index (χ4n) is 3.45. The van der Waals surface area contributed by atoms with E-state index in [9.17, 15) is 19.2 Å². The standard InChI is InChI=1S/C22H16Cl2FN3O4/c1-31-21(29)16-15(11-6-4-3-5-7-11)12(10-26)20(27)28(19(16)22(30)32-2)14-9-8-13(25)17(23)18(14)24/h3-9,15H,27H2,1-2H3. The Hall–Kier alpha value is -3.54. The van der Waals surface area contributed by atoms with Crippen molar-refractivity contribution in [2.45, 2.75) is 5.92 Å². The van der Waals surface area contributed by atoms with E-state index in [1.54, 1.807) is 30.3 Å². The average Bonchev–Trinajstić information content (AvgIpc) is 2.81. The van der Waals surface area contributed by atoms with Crippen LogP contribution >= 0.6 is 23.2 Å². The molecule has 10 heteroatoms. The van der Waals surface area contributed by atoms with Gasteiger partial charge in [0.2, 0.25) is 0 Å². The highest BCUT2D eigenvalue weighted by Crippen LogP contribution is 2.46. The second-order valence-corrected chi connectivity index (χ2v) is 7.29. The van der Waals surface area contributed by atoms with E-state index in [0.717, 1.165) is 25.2 Å². The molecule has 0 amide bonds. The van der Waals surface area contributed by atoms with E-state index in [4.69, 9.17) is 38.4 Å². The molecule has 0 spiro atoms. The van der Waals surface area contributed by atoms with Gasteiger partial charge in [0, 0.05) is 0 Å². The molecule has 1 aliphatic rings. The number of methoxy groups -OCH3 is 2. The van der Waals surface area contributed by atoms with E-state index >= 15 is 0 Å². The van der Waals surface area contributed by atoms with Crippen LogP contribution < -0.4 is 10.6 Å². The van der Waals surface area contributed by atoms with Gasteiger partial charge in [0.05, 0.1) is 53.1 Å². The van der Waals surface area contributed by atoms with Gasteiger partial charge >= 0.3 is 11.9 Å². The van der Waals surface area contributed by atoms with Crippen LogP contribution in [0.2, 0.25) is 10.0 Å². The van der Waals surface area contributed by atoms with Crippen LogP contribution in [0.15, 0.2) is 65.1 Å². The third-order valence-electron chi connectivity index (χ3n) is 4.87. The fourth-order valence-corrected chi connectivity index (χ4v) is 3.85. The highest BCUT2D eigenvalue weighted by molar-refractivity contribution is 6.44. The van der Waals surface area contributed by atoms with Gasteiger partial charge in [-0.05, 0) is 17.7 Å². The molecule has 1 unspecified atom stereocenters. The number of hydrogen-bond donors (Lipinski definition) is 1. The number of nitrogens with zero attached hydrogens (tertiary/aromatic N) is 2. The van der Waals surface area contributed by atoms with Crippen molar-refractivity contribution in [3.8, 4) is 6.07 Å². The molecule has 1 atom stereocenters. The summed E-state index contributed by atoms with van der Waals surface area (Å²) in [5.41, 5.74) is 6.22. The molecule has 0 aromatic heterocycles. The van der Waals surface area contributed by atoms with E-state index in [0.29, 0.717) is 5.56 Å². The summed E-state index contributed by atoms with van der Waals surface area (Å²) in [5.74, 6) is -3.90. The van der Waals surface area contributed by atoms with Crippen LogP contribution in [0.4, 0.5) is 10.1 Å². The molecular weight excluding hydrogens is 460 g/mol. The predicted octanol–water partition coefficient (Wildman–Crippen LogP) is 4.03. The van der Waals surface area contributed by atoms with E-state index in [1.807, 2.05) is 6.07 Å². The maximum absolute atomic E-state index is 13.9. The fraction of sp³-hybridized carbons (Fsp3) is 0.136. The topological polar surface area (TPSA) is 106 Å². The summed E-state index contributed by atoms with van der Waals surface area (Å²) in [7, 11) is 2.24. The van der Waals surface area contributed by atoms with Crippen molar-refractivity contribution in [3.05, 3.63) is 86.6 Å². The molecule has 0 aliphatic carbocycles. The Morgan fingerprint density at radius 1 is 1.06 bits per heavy atom. The van der Waals surface area contributed by atoms with Crippen LogP contribution in [0.25, 0.3) is 0 Å². The molecule has 32 heavy (non-hydrogen) atoms. The number of carbonyl (C=O) groups is 2. The molecule has 7 nitrogen and oxygen atoms in total. The number of ether oxygens (including phenoxy) is 2. The number of esters is 2. The molecule has 2 N–H and O–H groups in total. The first-order valence-corrected chi connectivity index (χ1v) is 9.83. The van der Waals surface area contributed by atoms with Crippen LogP contribution in [-0.2, 0) is 19.1 Å². The Bertz CT molecular complexity index is 1210. The Morgan fingerprint density at radius 3 is 2.25 bits per heavy atom. The van der Waals surface area contributed by atoms with Crippen LogP contribution in [0.1, 0.15) is 11.5 Å². The van der Waals surface area contributed by atoms with Crippen molar-refractivity contribution in [3.63, 3.8) is 0 Å². The molecule has 164 valence electrons. The van der Waals surface area contributed by atoms with Gasteiger partial charge in [-0.2, -0.15) is 5.26 Å². The van der Waals surface area contributed by atoms with Crippen molar-refractivity contribution in [2.75, 3.05) is 19.1 Å². The van der Waals surface area contributed by atoms with E-state index in [-0.39, 0.29) is 33.4 Å². The lowest BCUT2D eigenvalue weighted by atomic mass is 9.81. The number of benzene rings is 2. The molecule has 0 bridgehead atoms. The normalized spacial score (nSPS) is 16.0. The van der Waals surface area contributed by atoms with E-state index in [1.165, 1.54) is 6.07 Å². The predicted molar refractivity (Wildman–Crippen MR) is 116 cm³/mol. The zero-order valence-electron chi connectivity index (χ0n) is 16.9. The maximum atomic E-state index is 13.9. The van der Waals surface area contributed by atoms with Crippen LogP contribution in [0, 0.1) is 17.1 Å². The Labute approximate surface area is 193 Å². The van der Waals surface area contributed by atoms with Crippen LogP contribution in [-0.4, -0.2) is 26.2 Å². The summed E-state index contributed by atoms with van der Waals surface area (Å²) >= 11 is 12.2. The minimum atomic E-state index is -1.03. The van der Waals surface area contributed by atoms with Gasteiger partial charge in [0.15, 0.2) is 0 Å². The lowest BCUT2D eigenvalue weighted by Gasteiger charge is -2.36. The lowest BCUT2D eigenvalue weighted by Crippen LogP contribution is -2.41. The van der Waals surface area contributed by atoms with Gasteiger partial charge in [-0.25, -0.2) is 14.0 Å². The van der Waals surface area contributed by atoms with Crippen LogP contribution in [0.3, 0.4) is 0 Å². The van der Waals surface area contributed by atoms with Crippen molar-refractivity contribution >= 4 is 40.8 Å². The Morgan fingerprint density at radius 2 is 1.69 bits per heavy atom. The quantitative estimate of drug-likeness (QED) is 0.525. The lowest BCUT2D eigenvalue weighted by molar-refractivity contribution is -0.139. The number of hydrogen-bond acceptors (Lipinski definition) is 7. The smallest absolute Gasteiger partial charge is 0.355 e. The summed E-state index contributed by atoms with van der Waals surface area (Å²) in [5, 5.41) is 9.25. The molecule has 2 aromatic rings. The van der Waals surface area contributed by atoms with Gasteiger partial charge in [0.1, 0.15) is 17.3 Å². The minimum Gasteiger partial charge on any atom is -0.466 e. The molecular formula is C22H16Cl2FN3O4. The second kappa shape index (κ2) is 9.30. The molecule has 1 aliphatic heterocycles. The number of anilines is 1. The molecule has 0 radical (unpaired) electrons. The van der Waals surface area contributed by atoms with Crippen LogP contribution in [0.5, 0.6) is 0 Å². The summed E-state index contributed by atoms with van der Waals surface area (Å²) in [6.45, 7) is 0. The van der Waals surface area contributed by atoms with E-state index in [2.05, 4.69) is 0 Å². The third kappa shape index (κ3) is 3.77. The first-order valence-electron chi connectivity index (χ1n) is 9.07. The number of nitriles is 1. The Balaban J connectivity index is 2.46. The monoisotopic (exact) mass is 475 g/mol. The molecule has 0 fully saturated rings. The molecule has 1 heterocycles. The summed E-state index contributed by atoms with van der Waals surface area (Å²) in [6.07, 6.45) is 0. The summed E-state index contributed by atoms with van der Waals surface area (Å²) in [6, 6.07) is 12.7. The highest BCUT2D eigenvalue weighted by atomic mass is 35.5. The number of rotatable bonds is 4. The molecule has 0 saturated heterocycles.